The molecule has 2 aromatic carbocycles. The lowest BCUT2D eigenvalue weighted by molar-refractivity contribution is -0.119. The van der Waals surface area contributed by atoms with E-state index in [1.165, 1.54) is 24.3 Å². The maximum absolute atomic E-state index is 13.3. The highest BCUT2D eigenvalue weighted by molar-refractivity contribution is 6.02. The zero-order valence-corrected chi connectivity index (χ0v) is 14.6. The molecule has 3 rings (SSSR count). The van der Waals surface area contributed by atoms with E-state index >= 15 is 0 Å². The van der Waals surface area contributed by atoms with Crippen molar-refractivity contribution in [1.82, 2.24) is 0 Å². The number of benzene rings is 2. The molecule has 5 nitrogen and oxygen atoms in total. The number of ether oxygens (including phenoxy) is 2. The first kappa shape index (κ1) is 18.2. The molecule has 27 heavy (non-hydrogen) atoms. The lowest BCUT2D eigenvalue weighted by Crippen LogP contribution is -2.19. The fraction of sp³-hybridized carbons (Fsp3) is 0.143. The Kier molecular flexibility index (Phi) is 5.23. The third-order valence-corrected chi connectivity index (χ3v) is 4.17. The van der Waals surface area contributed by atoms with Crippen LogP contribution < -0.4 is 5.73 Å². The summed E-state index contributed by atoms with van der Waals surface area (Å²) < 4.78 is 24.5. The van der Waals surface area contributed by atoms with E-state index in [0.29, 0.717) is 5.56 Å². The average molecular weight is 364 g/mol. The Morgan fingerprint density at radius 1 is 1.19 bits per heavy atom. The van der Waals surface area contributed by atoms with Crippen molar-refractivity contribution in [3.63, 3.8) is 0 Å². The molecule has 0 fully saturated rings. The Balaban J connectivity index is 1.98. The molecule has 0 saturated heterocycles. The first-order valence-corrected chi connectivity index (χ1v) is 8.26. The van der Waals surface area contributed by atoms with Gasteiger partial charge in [-0.3, -0.25) is 4.79 Å². The van der Waals surface area contributed by atoms with Crippen molar-refractivity contribution in [3.8, 4) is 6.07 Å². The predicted molar refractivity (Wildman–Crippen MR) is 96.0 cm³/mol. The summed E-state index contributed by atoms with van der Waals surface area (Å²) in [6.45, 7) is 1.70. The Labute approximate surface area is 156 Å². The third-order valence-electron chi connectivity index (χ3n) is 4.17. The fourth-order valence-corrected chi connectivity index (χ4v) is 2.84. The summed E-state index contributed by atoms with van der Waals surface area (Å²) in [5.74, 6) is -1.95. The maximum atomic E-state index is 13.3. The number of nitrogens with two attached hydrogens (primary N) is 1. The van der Waals surface area contributed by atoms with Crippen molar-refractivity contribution in [1.29, 1.82) is 5.26 Å². The molecular weight excluding hydrogens is 347 g/mol. The molecule has 0 saturated carbocycles. The molecule has 1 aliphatic heterocycles. The lowest BCUT2D eigenvalue weighted by atomic mass is 9.87. The molecule has 2 N–H and O–H groups in total. The van der Waals surface area contributed by atoms with Crippen molar-refractivity contribution in [2.75, 3.05) is 0 Å². The van der Waals surface area contributed by atoms with Crippen LogP contribution in [-0.4, -0.2) is 5.78 Å². The molecular formula is C21H17FN2O3. The number of allylic oxidation sites excluding steroid dienone is 3. The van der Waals surface area contributed by atoms with Crippen molar-refractivity contribution in [2.24, 2.45) is 5.73 Å². The van der Waals surface area contributed by atoms with Crippen LogP contribution in [0.4, 0.5) is 4.39 Å². The number of hydrogen-bond acceptors (Lipinski definition) is 5. The van der Waals surface area contributed by atoms with Gasteiger partial charge in [0.2, 0.25) is 17.4 Å². The van der Waals surface area contributed by atoms with Crippen LogP contribution in [0.2, 0.25) is 0 Å². The Morgan fingerprint density at radius 3 is 2.48 bits per heavy atom. The van der Waals surface area contributed by atoms with E-state index in [1.54, 1.807) is 6.92 Å². The van der Waals surface area contributed by atoms with Gasteiger partial charge in [0, 0.05) is 0 Å². The van der Waals surface area contributed by atoms with Gasteiger partial charge >= 0.3 is 0 Å². The smallest absolute Gasteiger partial charge is 0.213 e. The molecule has 136 valence electrons. The summed E-state index contributed by atoms with van der Waals surface area (Å²) in [6.07, 6.45) is 0. The average Bonchev–Trinajstić information content (AvgIpc) is 2.75. The van der Waals surface area contributed by atoms with Crippen LogP contribution in [0.3, 0.4) is 0 Å². The molecule has 0 radical (unpaired) electrons. The highest BCUT2D eigenvalue weighted by Gasteiger charge is 2.36. The van der Waals surface area contributed by atoms with Gasteiger partial charge < -0.3 is 15.2 Å². The van der Waals surface area contributed by atoms with E-state index in [1.807, 2.05) is 36.4 Å². The highest BCUT2D eigenvalue weighted by Crippen LogP contribution is 2.34. The summed E-state index contributed by atoms with van der Waals surface area (Å²) in [6, 6.07) is 16.6. The summed E-state index contributed by atoms with van der Waals surface area (Å²) in [7, 11) is 0. The standard InChI is InChI=1S/C21H17FN2O3/c1-13-20(26-12-14-5-3-2-4-6-14)19(25)18(17(11-23)21(24)27-13)15-7-9-16(22)10-8-15/h2-10,18H,12,24H2,1H3. The van der Waals surface area contributed by atoms with Gasteiger partial charge in [0.15, 0.2) is 0 Å². The van der Waals surface area contributed by atoms with Gasteiger partial charge in [0.05, 0.1) is 5.92 Å². The molecule has 1 aliphatic rings. The molecule has 1 unspecified atom stereocenters. The number of halogens is 1. The van der Waals surface area contributed by atoms with Crippen molar-refractivity contribution in [3.05, 3.63) is 94.5 Å². The first-order chi connectivity index (χ1) is 13.0. The summed E-state index contributed by atoms with van der Waals surface area (Å²) in [4.78, 5) is 13.2. The summed E-state index contributed by atoms with van der Waals surface area (Å²) >= 11 is 0. The molecule has 0 spiro atoms. The van der Waals surface area contributed by atoms with Crippen LogP contribution in [0.25, 0.3) is 0 Å². The van der Waals surface area contributed by atoms with Gasteiger partial charge in [-0.25, -0.2) is 4.39 Å². The van der Waals surface area contributed by atoms with E-state index in [9.17, 15) is 14.4 Å². The summed E-state index contributed by atoms with van der Waals surface area (Å²) in [5, 5.41) is 9.52. The van der Waals surface area contributed by atoms with Crippen LogP contribution in [-0.2, 0) is 20.9 Å². The van der Waals surface area contributed by atoms with Crippen LogP contribution in [0.1, 0.15) is 24.0 Å². The lowest BCUT2D eigenvalue weighted by Gasteiger charge is -2.16. The fourth-order valence-electron chi connectivity index (χ4n) is 2.84. The van der Waals surface area contributed by atoms with Gasteiger partial charge in [0.1, 0.15) is 29.8 Å². The number of Topliss-reactive ketones (excluding diaryl/α,β-unsaturated/α-hetero) is 1. The van der Waals surface area contributed by atoms with Gasteiger partial charge in [-0.1, -0.05) is 42.5 Å². The molecule has 6 heteroatoms. The van der Waals surface area contributed by atoms with E-state index in [2.05, 4.69) is 0 Å². The summed E-state index contributed by atoms with van der Waals surface area (Å²) in [5.41, 5.74) is 7.15. The second-order valence-electron chi connectivity index (χ2n) is 6.00. The molecule has 1 heterocycles. The zero-order chi connectivity index (χ0) is 19.4. The van der Waals surface area contributed by atoms with Crippen molar-refractivity contribution < 1.29 is 18.7 Å². The van der Waals surface area contributed by atoms with Crippen LogP contribution >= 0.6 is 0 Å². The minimum Gasteiger partial charge on any atom is -0.482 e. The molecule has 0 bridgehead atoms. The molecule has 0 amide bonds. The molecule has 2 aromatic rings. The van der Waals surface area contributed by atoms with E-state index in [4.69, 9.17) is 15.2 Å². The maximum Gasteiger partial charge on any atom is 0.213 e. The second kappa shape index (κ2) is 7.75. The topological polar surface area (TPSA) is 85.3 Å². The number of ketones is 1. The number of carbonyl (C=O) groups is 1. The van der Waals surface area contributed by atoms with Gasteiger partial charge in [-0.05, 0) is 30.2 Å². The van der Waals surface area contributed by atoms with Gasteiger partial charge in [-0.2, -0.15) is 5.26 Å². The monoisotopic (exact) mass is 364 g/mol. The van der Waals surface area contributed by atoms with Crippen molar-refractivity contribution >= 4 is 5.78 Å². The van der Waals surface area contributed by atoms with E-state index < -0.39 is 17.5 Å². The number of hydrogen-bond donors (Lipinski definition) is 1. The number of carbonyl (C=O) groups excluding carboxylic acids is 1. The number of rotatable bonds is 4. The van der Waals surface area contributed by atoms with E-state index in [-0.39, 0.29) is 29.6 Å². The Morgan fingerprint density at radius 2 is 1.85 bits per heavy atom. The quantitative estimate of drug-likeness (QED) is 0.895. The Bertz CT molecular complexity index is 957. The minimum absolute atomic E-state index is 0.0126. The van der Waals surface area contributed by atoms with Crippen LogP contribution in [0.5, 0.6) is 0 Å². The predicted octanol–water partition coefficient (Wildman–Crippen LogP) is 3.65. The highest BCUT2D eigenvalue weighted by atomic mass is 19.1. The minimum atomic E-state index is -1.03. The van der Waals surface area contributed by atoms with Gasteiger partial charge in [0.25, 0.3) is 0 Å². The third kappa shape index (κ3) is 3.82. The number of nitriles is 1. The normalized spacial score (nSPS) is 17.2. The Hall–Kier alpha value is -3.59. The molecule has 1 atom stereocenters. The number of nitrogens with zero attached hydrogens (tertiary/aromatic N) is 1. The SMILES string of the molecule is CC1=C(OCc2ccccc2)C(=O)C(c2ccc(F)cc2)C(C#N)=C(N)O1. The molecule has 0 aliphatic carbocycles. The van der Waals surface area contributed by atoms with Crippen LogP contribution in [0, 0.1) is 17.1 Å². The zero-order valence-electron chi connectivity index (χ0n) is 14.6. The van der Waals surface area contributed by atoms with Gasteiger partial charge in [-0.15, -0.1) is 0 Å². The first-order valence-electron chi connectivity index (χ1n) is 8.26. The molecule has 0 aromatic heterocycles. The van der Waals surface area contributed by atoms with Crippen molar-refractivity contribution in [2.45, 2.75) is 19.4 Å². The van der Waals surface area contributed by atoms with Crippen LogP contribution in [0.15, 0.2) is 77.6 Å². The largest absolute Gasteiger partial charge is 0.482 e. The van der Waals surface area contributed by atoms with E-state index in [0.717, 1.165) is 5.56 Å². The second-order valence-corrected chi connectivity index (χ2v) is 6.00.